The second kappa shape index (κ2) is 4.60. The van der Waals surface area contributed by atoms with E-state index in [1.807, 2.05) is 6.20 Å². The molecule has 0 radical (unpaired) electrons. The van der Waals surface area contributed by atoms with E-state index in [1.54, 1.807) is 0 Å². The summed E-state index contributed by atoms with van der Waals surface area (Å²) in [5.41, 5.74) is 2.69. The van der Waals surface area contributed by atoms with Gasteiger partial charge in [0.2, 0.25) is 0 Å². The highest BCUT2D eigenvalue weighted by atomic mass is 16.5. The minimum atomic E-state index is 0.573. The van der Waals surface area contributed by atoms with Gasteiger partial charge in [0.05, 0.1) is 12.8 Å². The Morgan fingerprint density at radius 1 is 1.64 bits per heavy atom. The normalized spacial score (nSPS) is 22.5. The number of nitrogens with zero attached hydrogens (tertiary/aromatic N) is 1. The van der Waals surface area contributed by atoms with Crippen LogP contribution in [0.1, 0.15) is 43.4 Å². The van der Waals surface area contributed by atoms with E-state index in [0.29, 0.717) is 5.92 Å². The quantitative estimate of drug-likeness (QED) is 0.801. The molecule has 1 saturated heterocycles. The summed E-state index contributed by atoms with van der Waals surface area (Å²) in [6, 6.07) is 0. The van der Waals surface area contributed by atoms with Crippen molar-refractivity contribution < 1.29 is 4.74 Å². The van der Waals surface area contributed by atoms with Crippen LogP contribution in [0.3, 0.4) is 0 Å². The molecule has 0 bridgehead atoms. The number of hydrogen-bond donors (Lipinski definition) is 1. The average Bonchev–Trinajstić information content (AvgIpc) is 2.68. The molecule has 1 aromatic rings. The summed E-state index contributed by atoms with van der Waals surface area (Å²) in [5, 5.41) is 7.23. The predicted molar refractivity (Wildman–Crippen MR) is 55.4 cm³/mol. The number of aromatic amines is 1. The van der Waals surface area contributed by atoms with Crippen LogP contribution in [0.4, 0.5) is 0 Å². The Kier molecular flexibility index (Phi) is 3.19. The number of H-pyrrole nitrogens is 1. The summed E-state index contributed by atoms with van der Waals surface area (Å²) in [6.45, 7) is 4.00. The lowest BCUT2D eigenvalue weighted by molar-refractivity contribution is 0.0802. The zero-order valence-electron chi connectivity index (χ0n) is 8.75. The van der Waals surface area contributed by atoms with Crippen molar-refractivity contribution in [3.05, 3.63) is 17.5 Å². The molecule has 3 heteroatoms. The van der Waals surface area contributed by atoms with Crippen molar-refractivity contribution in [2.75, 3.05) is 13.2 Å². The van der Waals surface area contributed by atoms with Gasteiger partial charge in [-0.15, -0.1) is 0 Å². The molecule has 1 unspecified atom stereocenters. The highest BCUT2D eigenvalue weighted by molar-refractivity contribution is 5.22. The van der Waals surface area contributed by atoms with E-state index in [9.17, 15) is 0 Å². The molecule has 1 N–H and O–H groups in total. The van der Waals surface area contributed by atoms with Gasteiger partial charge in [-0.05, 0) is 24.8 Å². The van der Waals surface area contributed by atoms with E-state index in [1.165, 1.54) is 30.5 Å². The van der Waals surface area contributed by atoms with Crippen LogP contribution in [-0.2, 0) is 11.2 Å². The number of aryl methyl sites for hydroxylation is 1. The van der Waals surface area contributed by atoms with E-state index in [2.05, 4.69) is 17.1 Å². The van der Waals surface area contributed by atoms with Gasteiger partial charge in [-0.2, -0.15) is 5.10 Å². The largest absolute Gasteiger partial charge is 0.381 e. The highest BCUT2D eigenvalue weighted by Crippen LogP contribution is 2.27. The van der Waals surface area contributed by atoms with Gasteiger partial charge >= 0.3 is 0 Å². The van der Waals surface area contributed by atoms with E-state index >= 15 is 0 Å². The van der Waals surface area contributed by atoms with Gasteiger partial charge in [0.15, 0.2) is 0 Å². The lowest BCUT2D eigenvalue weighted by Crippen LogP contribution is -2.16. The lowest BCUT2D eigenvalue weighted by Gasteiger charge is -2.21. The average molecular weight is 194 g/mol. The molecule has 1 fully saturated rings. The second-order valence-corrected chi connectivity index (χ2v) is 3.97. The molecule has 2 rings (SSSR count). The molecular weight excluding hydrogens is 176 g/mol. The third kappa shape index (κ3) is 1.98. The van der Waals surface area contributed by atoms with E-state index < -0.39 is 0 Å². The van der Waals surface area contributed by atoms with Gasteiger partial charge in [-0.25, -0.2) is 0 Å². The van der Waals surface area contributed by atoms with Crippen LogP contribution < -0.4 is 0 Å². The molecule has 78 valence electrons. The Hall–Kier alpha value is -0.830. The van der Waals surface area contributed by atoms with Crippen LogP contribution in [0.15, 0.2) is 6.20 Å². The van der Waals surface area contributed by atoms with Crippen molar-refractivity contribution in [1.82, 2.24) is 10.2 Å². The molecule has 3 nitrogen and oxygen atoms in total. The molecule has 0 spiro atoms. The summed E-state index contributed by atoms with van der Waals surface area (Å²) < 4.78 is 5.50. The van der Waals surface area contributed by atoms with E-state index in [0.717, 1.165) is 19.6 Å². The number of hydrogen-bond acceptors (Lipinski definition) is 2. The maximum Gasteiger partial charge on any atom is 0.0535 e. The molecule has 1 aliphatic heterocycles. The second-order valence-electron chi connectivity index (χ2n) is 3.97. The first kappa shape index (κ1) is 9.71. The van der Waals surface area contributed by atoms with Crippen LogP contribution in [0.2, 0.25) is 0 Å². The summed E-state index contributed by atoms with van der Waals surface area (Å²) in [5.74, 6) is 0.573. The van der Waals surface area contributed by atoms with Crippen LogP contribution in [0.5, 0.6) is 0 Å². The van der Waals surface area contributed by atoms with Gasteiger partial charge in [0.1, 0.15) is 0 Å². The first-order valence-electron chi connectivity index (χ1n) is 5.51. The molecular formula is C11H18N2O. The molecule has 0 saturated carbocycles. The molecule has 0 aliphatic carbocycles. The van der Waals surface area contributed by atoms with Crippen molar-refractivity contribution >= 4 is 0 Å². The topological polar surface area (TPSA) is 37.9 Å². The summed E-state index contributed by atoms with van der Waals surface area (Å²) in [6.07, 6.45) is 6.68. The first-order valence-corrected chi connectivity index (χ1v) is 5.51. The first-order chi connectivity index (χ1) is 6.92. The van der Waals surface area contributed by atoms with Crippen LogP contribution in [-0.4, -0.2) is 23.4 Å². The van der Waals surface area contributed by atoms with Gasteiger partial charge in [0, 0.05) is 18.2 Å². The minimum Gasteiger partial charge on any atom is -0.381 e. The zero-order valence-corrected chi connectivity index (χ0v) is 8.75. The van der Waals surface area contributed by atoms with Gasteiger partial charge in [-0.1, -0.05) is 13.3 Å². The van der Waals surface area contributed by atoms with E-state index in [-0.39, 0.29) is 0 Å². The molecule has 1 atom stereocenters. The highest BCUT2D eigenvalue weighted by Gasteiger charge is 2.19. The third-order valence-corrected chi connectivity index (χ3v) is 2.85. The van der Waals surface area contributed by atoms with Crippen molar-refractivity contribution in [2.24, 2.45) is 0 Å². The van der Waals surface area contributed by atoms with Gasteiger partial charge in [-0.3, -0.25) is 5.10 Å². The number of aromatic nitrogens is 2. The monoisotopic (exact) mass is 194 g/mol. The van der Waals surface area contributed by atoms with Crippen molar-refractivity contribution in [3.63, 3.8) is 0 Å². The fourth-order valence-electron chi connectivity index (χ4n) is 2.11. The Morgan fingerprint density at radius 3 is 3.29 bits per heavy atom. The van der Waals surface area contributed by atoms with Crippen LogP contribution >= 0.6 is 0 Å². The zero-order chi connectivity index (χ0) is 9.80. The summed E-state index contributed by atoms with van der Waals surface area (Å²) in [7, 11) is 0. The molecule has 1 aliphatic rings. The molecule has 0 aromatic carbocycles. The molecule has 14 heavy (non-hydrogen) atoms. The molecule has 0 amide bonds. The van der Waals surface area contributed by atoms with Gasteiger partial charge < -0.3 is 4.74 Å². The predicted octanol–water partition coefficient (Wildman–Crippen LogP) is 2.26. The maximum absolute atomic E-state index is 5.50. The maximum atomic E-state index is 5.50. The Bertz CT molecular complexity index is 277. The van der Waals surface area contributed by atoms with Crippen molar-refractivity contribution in [1.29, 1.82) is 0 Å². The fourth-order valence-corrected chi connectivity index (χ4v) is 2.11. The Balaban J connectivity index is 2.09. The standard InChI is InChI=1S/C11H18N2O/c1-2-4-11-10(7-12-13-11)9-5-3-6-14-8-9/h7,9H,2-6,8H2,1H3,(H,12,13). The lowest BCUT2D eigenvalue weighted by atomic mass is 9.93. The Labute approximate surface area is 84.9 Å². The molecule has 2 heterocycles. The number of nitrogens with one attached hydrogen (secondary N) is 1. The number of rotatable bonds is 3. The van der Waals surface area contributed by atoms with Crippen molar-refractivity contribution in [3.8, 4) is 0 Å². The fraction of sp³-hybridized carbons (Fsp3) is 0.727. The smallest absolute Gasteiger partial charge is 0.0535 e. The van der Waals surface area contributed by atoms with Crippen LogP contribution in [0, 0.1) is 0 Å². The molecule has 1 aromatic heterocycles. The van der Waals surface area contributed by atoms with Crippen molar-refractivity contribution in [2.45, 2.75) is 38.5 Å². The third-order valence-electron chi connectivity index (χ3n) is 2.85. The van der Waals surface area contributed by atoms with Gasteiger partial charge in [0.25, 0.3) is 0 Å². The minimum absolute atomic E-state index is 0.573. The van der Waals surface area contributed by atoms with E-state index in [4.69, 9.17) is 4.74 Å². The number of ether oxygens (including phenoxy) is 1. The summed E-state index contributed by atoms with van der Waals surface area (Å²) in [4.78, 5) is 0. The van der Waals surface area contributed by atoms with Crippen LogP contribution in [0.25, 0.3) is 0 Å². The Morgan fingerprint density at radius 2 is 2.57 bits per heavy atom. The summed E-state index contributed by atoms with van der Waals surface area (Å²) >= 11 is 0. The SMILES string of the molecule is CCCc1[nH]ncc1C1CCCOC1.